The Balaban J connectivity index is 2.34. The van der Waals surface area contributed by atoms with Gasteiger partial charge in [-0.1, -0.05) is 55.0 Å². The van der Waals surface area contributed by atoms with Crippen LogP contribution in [0.25, 0.3) is 0 Å². The molecule has 0 aliphatic carbocycles. The van der Waals surface area contributed by atoms with Crippen molar-refractivity contribution in [2.24, 2.45) is 0 Å². The molecule has 34 heavy (non-hydrogen) atoms. The molecule has 2 aromatic carbocycles. The van der Waals surface area contributed by atoms with Crippen LogP contribution in [0.2, 0.25) is 0 Å². The summed E-state index contributed by atoms with van der Waals surface area (Å²) < 4.78 is 26.5. The van der Waals surface area contributed by atoms with Crippen LogP contribution in [0, 0.1) is 13.8 Å². The quantitative estimate of drug-likeness (QED) is 0.526. The van der Waals surface area contributed by atoms with E-state index in [2.05, 4.69) is 5.32 Å². The van der Waals surface area contributed by atoms with Gasteiger partial charge in [0.1, 0.15) is 12.6 Å². The number of aryl methyl sites for hydroxylation is 2. The van der Waals surface area contributed by atoms with Gasteiger partial charge in [-0.05, 0) is 57.7 Å². The number of carbonyl (C=O) groups excluding carboxylic acids is 2. The van der Waals surface area contributed by atoms with Crippen LogP contribution < -0.4 is 9.62 Å². The molecule has 2 amide bonds. The van der Waals surface area contributed by atoms with Crippen molar-refractivity contribution in [2.75, 3.05) is 23.7 Å². The summed E-state index contributed by atoms with van der Waals surface area (Å²) >= 11 is 0. The van der Waals surface area contributed by atoms with E-state index in [1.807, 2.05) is 70.2 Å². The van der Waals surface area contributed by atoms with E-state index in [1.165, 1.54) is 4.90 Å². The number of benzene rings is 2. The Morgan fingerprint density at radius 2 is 1.68 bits per heavy atom. The van der Waals surface area contributed by atoms with Gasteiger partial charge in [-0.15, -0.1) is 0 Å². The normalized spacial score (nSPS) is 13.1. The minimum Gasteiger partial charge on any atom is -0.352 e. The fourth-order valence-corrected chi connectivity index (χ4v) is 4.62. The van der Waals surface area contributed by atoms with Crippen molar-refractivity contribution in [3.63, 3.8) is 0 Å². The van der Waals surface area contributed by atoms with Crippen LogP contribution in [-0.4, -0.2) is 56.6 Å². The van der Waals surface area contributed by atoms with Crippen molar-refractivity contribution in [2.45, 2.75) is 59.5 Å². The molecule has 0 aliphatic rings. The molecule has 1 N–H and O–H groups in total. The highest BCUT2D eigenvalue weighted by Gasteiger charge is 2.30. The molecule has 0 bridgehead atoms. The Bertz CT molecular complexity index is 1090. The third-order valence-electron chi connectivity index (χ3n) is 5.95. The Morgan fingerprint density at radius 3 is 2.24 bits per heavy atom. The molecule has 2 rings (SSSR count). The summed E-state index contributed by atoms with van der Waals surface area (Å²) in [5.41, 5.74) is 3.25. The second-order valence-corrected chi connectivity index (χ2v) is 10.8. The second-order valence-electron chi connectivity index (χ2n) is 8.88. The largest absolute Gasteiger partial charge is 0.352 e. The molecule has 186 valence electrons. The molecular weight excluding hydrogens is 450 g/mol. The van der Waals surface area contributed by atoms with Crippen molar-refractivity contribution in [3.05, 3.63) is 65.2 Å². The first-order chi connectivity index (χ1) is 15.9. The minimum atomic E-state index is -3.73. The maximum atomic E-state index is 13.5. The monoisotopic (exact) mass is 487 g/mol. The van der Waals surface area contributed by atoms with Crippen LogP contribution in [0.3, 0.4) is 0 Å². The van der Waals surface area contributed by atoms with E-state index in [-0.39, 0.29) is 18.5 Å². The molecule has 2 atom stereocenters. The third kappa shape index (κ3) is 7.58. The van der Waals surface area contributed by atoms with E-state index in [1.54, 1.807) is 13.0 Å². The Hall–Kier alpha value is -2.87. The van der Waals surface area contributed by atoms with Crippen LogP contribution in [-0.2, 0) is 26.0 Å². The van der Waals surface area contributed by atoms with Gasteiger partial charge in [0.2, 0.25) is 21.8 Å². The van der Waals surface area contributed by atoms with E-state index in [4.69, 9.17) is 0 Å². The van der Waals surface area contributed by atoms with Gasteiger partial charge in [-0.2, -0.15) is 0 Å². The average molecular weight is 488 g/mol. The number of rotatable bonds is 11. The van der Waals surface area contributed by atoms with E-state index >= 15 is 0 Å². The van der Waals surface area contributed by atoms with Crippen molar-refractivity contribution in [3.8, 4) is 0 Å². The van der Waals surface area contributed by atoms with Gasteiger partial charge in [0.15, 0.2) is 0 Å². The van der Waals surface area contributed by atoms with Crippen LogP contribution >= 0.6 is 0 Å². The molecule has 2 aromatic rings. The van der Waals surface area contributed by atoms with Crippen molar-refractivity contribution < 1.29 is 18.0 Å². The maximum Gasteiger partial charge on any atom is 0.244 e. The molecule has 0 fully saturated rings. The Labute approximate surface area is 204 Å². The van der Waals surface area contributed by atoms with Gasteiger partial charge >= 0.3 is 0 Å². The third-order valence-corrected chi connectivity index (χ3v) is 7.08. The lowest BCUT2D eigenvalue weighted by atomic mass is 10.1. The first-order valence-corrected chi connectivity index (χ1v) is 13.5. The maximum absolute atomic E-state index is 13.5. The van der Waals surface area contributed by atoms with Crippen molar-refractivity contribution in [1.82, 2.24) is 10.2 Å². The van der Waals surface area contributed by atoms with Gasteiger partial charge in [-0.3, -0.25) is 13.9 Å². The summed E-state index contributed by atoms with van der Waals surface area (Å²) in [4.78, 5) is 27.9. The highest BCUT2D eigenvalue weighted by molar-refractivity contribution is 7.92. The molecule has 0 saturated carbocycles. The molecule has 0 aromatic heterocycles. The van der Waals surface area contributed by atoms with E-state index in [9.17, 15) is 18.0 Å². The number of carbonyl (C=O) groups is 2. The molecule has 0 unspecified atom stereocenters. The predicted molar refractivity (Wildman–Crippen MR) is 137 cm³/mol. The van der Waals surface area contributed by atoms with Crippen molar-refractivity contribution in [1.29, 1.82) is 0 Å². The summed E-state index contributed by atoms with van der Waals surface area (Å²) in [6, 6.07) is 14.3. The SMILES string of the molecule is CC[C@@H](C)NC(=O)[C@H](C)N(CCc1ccccc1)C(=O)CN(c1ccc(C)cc1C)S(C)(=O)=O. The lowest BCUT2D eigenvalue weighted by Crippen LogP contribution is -2.53. The number of hydrogen-bond donors (Lipinski definition) is 1. The molecular formula is C26H37N3O4S. The first-order valence-electron chi connectivity index (χ1n) is 11.6. The summed E-state index contributed by atoms with van der Waals surface area (Å²) in [5, 5.41) is 2.93. The summed E-state index contributed by atoms with van der Waals surface area (Å²) in [6.07, 6.45) is 2.41. The van der Waals surface area contributed by atoms with Crippen molar-refractivity contribution >= 4 is 27.5 Å². The van der Waals surface area contributed by atoms with Crippen LogP contribution in [0.1, 0.15) is 43.9 Å². The summed E-state index contributed by atoms with van der Waals surface area (Å²) in [6.45, 7) is 9.23. The average Bonchev–Trinajstić information content (AvgIpc) is 2.77. The first kappa shape index (κ1) is 27.4. The van der Waals surface area contributed by atoms with Gasteiger partial charge in [0.25, 0.3) is 0 Å². The molecule has 0 saturated heterocycles. The lowest BCUT2D eigenvalue weighted by molar-refractivity contribution is -0.139. The molecule has 7 nitrogen and oxygen atoms in total. The number of nitrogens with one attached hydrogen (secondary N) is 1. The fourth-order valence-electron chi connectivity index (χ4n) is 3.72. The smallest absolute Gasteiger partial charge is 0.244 e. The molecule has 0 aliphatic heterocycles. The topological polar surface area (TPSA) is 86.8 Å². The van der Waals surface area contributed by atoms with Gasteiger partial charge < -0.3 is 10.2 Å². The summed E-state index contributed by atoms with van der Waals surface area (Å²) in [5.74, 6) is -0.679. The van der Waals surface area contributed by atoms with Crippen LogP contribution in [0.5, 0.6) is 0 Å². The standard InChI is InChI=1S/C26H37N3O4S/c1-7-21(4)27-26(31)22(5)28(16-15-23-11-9-8-10-12-23)25(30)18-29(34(6,32)33)24-14-13-19(2)17-20(24)3/h8-14,17,21-22H,7,15-16,18H2,1-6H3,(H,27,31)/t21-,22+/m1/s1. The minimum absolute atomic E-state index is 0.0243. The number of amides is 2. The fraction of sp³-hybridized carbons (Fsp3) is 0.462. The molecule has 8 heteroatoms. The molecule has 0 radical (unpaired) electrons. The highest BCUT2D eigenvalue weighted by atomic mass is 32.2. The van der Waals surface area contributed by atoms with Gasteiger partial charge in [-0.25, -0.2) is 8.42 Å². The Kier molecular flexibility index (Phi) is 9.67. The summed E-state index contributed by atoms with van der Waals surface area (Å²) in [7, 11) is -3.73. The number of sulfonamides is 1. The van der Waals surface area contributed by atoms with Gasteiger partial charge in [0.05, 0.1) is 11.9 Å². The molecule has 0 spiro atoms. The molecule has 0 heterocycles. The zero-order chi connectivity index (χ0) is 25.5. The van der Waals surface area contributed by atoms with E-state index in [0.717, 1.165) is 33.7 Å². The number of hydrogen-bond acceptors (Lipinski definition) is 4. The highest BCUT2D eigenvalue weighted by Crippen LogP contribution is 2.24. The second kappa shape index (κ2) is 12.0. The Morgan fingerprint density at radius 1 is 1.03 bits per heavy atom. The van der Waals surface area contributed by atoms with Gasteiger partial charge in [0, 0.05) is 12.6 Å². The zero-order valence-electron chi connectivity index (χ0n) is 21.0. The predicted octanol–water partition coefficient (Wildman–Crippen LogP) is 3.44. The van der Waals surface area contributed by atoms with E-state index in [0.29, 0.717) is 18.7 Å². The zero-order valence-corrected chi connectivity index (χ0v) is 21.9. The van der Waals surface area contributed by atoms with Crippen LogP contribution in [0.15, 0.2) is 48.5 Å². The number of nitrogens with zero attached hydrogens (tertiary/aromatic N) is 2. The lowest BCUT2D eigenvalue weighted by Gasteiger charge is -2.32. The van der Waals surface area contributed by atoms with E-state index < -0.39 is 22.0 Å². The number of anilines is 1. The van der Waals surface area contributed by atoms with Crippen LogP contribution in [0.4, 0.5) is 5.69 Å².